The molecule has 1 aromatic carbocycles. The summed E-state index contributed by atoms with van der Waals surface area (Å²) in [4.78, 5) is 0.156. The van der Waals surface area contributed by atoms with Gasteiger partial charge in [0.2, 0.25) is 10.0 Å². The molecule has 2 rings (SSSR count). The standard InChI is InChI=1S/C14H16BrNO4S/c1-2-7-20-14-9-12(5-6-13(14)15)21(17,18)16-10-11-4-3-8-19-11/h3-6,8-9,16H,2,7,10H2,1H3. The Kier molecular flexibility index (Phi) is 5.44. The van der Waals surface area contributed by atoms with Crippen molar-refractivity contribution in [3.63, 3.8) is 0 Å². The van der Waals surface area contributed by atoms with Crippen LogP contribution in [-0.2, 0) is 16.6 Å². The van der Waals surface area contributed by atoms with Crippen molar-refractivity contribution in [2.75, 3.05) is 6.61 Å². The zero-order chi connectivity index (χ0) is 15.3. The van der Waals surface area contributed by atoms with E-state index in [0.717, 1.165) is 10.9 Å². The number of rotatable bonds is 7. The number of benzene rings is 1. The summed E-state index contributed by atoms with van der Waals surface area (Å²) in [6.45, 7) is 2.62. The van der Waals surface area contributed by atoms with E-state index < -0.39 is 10.0 Å². The summed E-state index contributed by atoms with van der Waals surface area (Å²) >= 11 is 3.34. The monoisotopic (exact) mass is 373 g/mol. The van der Waals surface area contributed by atoms with Gasteiger partial charge in [0.25, 0.3) is 0 Å². The lowest BCUT2D eigenvalue weighted by atomic mass is 10.3. The highest BCUT2D eigenvalue weighted by molar-refractivity contribution is 9.10. The smallest absolute Gasteiger partial charge is 0.241 e. The maximum Gasteiger partial charge on any atom is 0.241 e. The van der Waals surface area contributed by atoms with E-state index >= 15 is 0 Å². The summed E-state index contributed by atoms with van der Waals surface area (Å²) in [5, 5.41) is 0. The Morgan fingerprint density at radius 3 is 2.81 bits per heavy atom. The van der Waals surface area contributed by atoms with Crippen molar-refractivity contribution in [1.29, 1.82) is 0 Å². The van der Waals surface area contributed by atoms with Gasteiger partial charge in [0.05, 0.1) is 28.8 Å². The molecule has 0 atom stereocenters. The Labute approximate surface area is 132 Å². The van der Waals surface area contributed by atoms with Gasteiger partial charge < -0.3 is 9.15 Å². The van der Waals surface area contributed by atoms with Crippen LogP contribution >= 0.6 is 15.9 Å². The Morgan fingerprint density at radius 2 is 2.14 bits per heavy atom. The highest BCUT2D eigenvalue weighted by Gasteiger charge is 2.16. The number of hydrogen-bond donors (Lipinski definition) is 1. The second-order valence-corrected chi connectivity index (χ2v) is 6.97. The molecule has 2 aromatic rings. The highest BCUT2D eigenvalue weighted by atomic mass is 79.9. The van der Waals surface area contributed by atoms with Gasteiger partial charge in [0.1, 0.15) is 11.5 Å². The number of halogens is 1. The average molecular weight is 374 g/mol. The summed E-state index contributed by atoms with van der Waals surface area (Å²) in [7, 11) is -3.61. The summed E-state index contributed by atoms with van der Waals surface area (Å²) < 4.78 is 38.3. The van der Waals surface area contributed by atoms with Crippen molar-refractivity contribution in [3.05, 3.63) is 46.8 Å². The Hall–Kier alpha value is -1.31. The van der Waals surface area contributed by atoms with Gasteiger partial charge in [0.15, 0.2) is 0 Å². The molecule has 5 nitrogen and oxygen atoms in total. The van der Waals surface area contributed by atoms with Crippen LogP contribution in [0.3, 0.4) is 0 Å². The van der Waals surface area contributed by atoms with Crippen molar-refractivity contribution in [1.82, 2.24) is 4.72 Å². The molecule has 1 aromatic heterocycles. The molecule has 114 valence electrons. The first-order valence-corrected chi connectivity index (χ1v) is 8.75. The van der Waals surface area contributed by atoms with Crippen molar-refractivity contribution in [2.24, 2.45) is 0 Å². The van der Waals surface area contributed by atoms with Crippen LogP contribution in [0.1, 0.15) is 19.1 Å². The first-order chi connectivity index (χ1) is 10.0. The first-order valence-electron chi connectivity index (χ1n) is 6.47. The fraction of sp³-hybridized carbons (Fsp3) is 0.286. The minimum Gasteiger partial charge on any atom is -0.492 e. The second-order valence-electron chi connectivity index (χ2n) is 4.34. The van der Waals surface area contributed by atoms with E-state index in [4.69, 9.17) is 9.15 Å². The molecule has 0 saturated carbocycles. The highest BCUT2D eigenvalue weighted by Crippen LogP contribution is 2.28. The predicted octanol–water partition coefficient (Wildman–Crippen LogP) is 3.31. The molecule has 0 aliphatic carbocycles. The van der Waals surface area contributed by atoms with Crippen LogP contribution in [0.4, 0.5) is 0 Å². The molecule has 0 spiro atoms. The molecular formula is C14H16BrNO4S. The minimum absolute atomic E-state index is 0.108. The lowest BCUT2D eigenvalue weighted by molar-refractivity contribution is 0.314. The largest absolute Gasteiger partial charge is 0.492 e. The first kappa shape index (κ1) is 16.1. The molecule has 1 N–H and O–H groups in total. The number of sulfonamides is 1. The Morgan fingerprint density at radius 1 is 1.33 bits per heavy atom. The molecular weight excluding hydrogens is 358 g/mol. The third-order valence-electron chi connectivity index (χ3n) is 2.69. The summed E-state index contributed by atoms with van der Waals surface area (Å²) in [5.74, 6) is 1.07. The van der Waals surface area contributed by atoms with Crippen LogP contribution in [0, 0.1) is 0 Å². The van der Waals surface area contributed by atoms with Crippen LogP contribution in [0.5, 0.6) is 5.75 Å². The van der Waals surface area contributed by atoms with E-state index in [9.17, 15) is 8.42 Å². The quantitative estimate of drug-likeness (QED) is 0.808. The zero-order valence-corrected chi connectivity index (χ0v) is 13.9. The third kappa shape index (κ3) is 4.33. The van der Waals surface area contributed by atoms with Gasteiger partial charge >= 0.3 is 0 Å². The molecule has 0 unspecified atom stereocenters. The molecule has 7 heteroatoms. The Balaban J connectivity index is 2.15. The van der Waals surface area contributed by atoms with Crippen LogP contribution in [0.2, 0.25) is 0 Å². The van der Waals surface area contributed by atoms with E-state index in [-0.39, 0.29) is 11.4 Å². The third-order valence-corrected chi connectivity index (χ3v) is 4.75. The SMILES string of the molecule is CCCOc1cc(S(=O)(=O)NCc2ccco2)ccc1Br. The van der Waals surface area contributed by atoms with E-state index in [0.29, 0.717) is 18.1 Å². The molecule has 1 heterocycles. The molecule has 0 saturated heterocycles. The molecule has 0 fully saturated rings. The molecule has 0 aliphatic rings. The van der Waals surface area contributed by atoms with E-state index in [1.54, 1.807) is 18.2 Å². The molecule has 0 radical (unpaired) electrons. The number of ether oxygens (including phenoxy) is 1. The van der Waals surface area contributed by atoms with Gasteiger partial charge in [-0.3, -0.25) is 0 Å². The van der Waals surface area contributed by atoms with Crippen LogP contribution < -0.4 is 9.46 Å². The van der Waals surface area contributed by atoms with Crippen LogP contribution in [-0.4, -0.2) is 15.0 Å². The van der Waals surface area contributed by atoms with E-state index in [1.807, 2.05) is 6.92 Å². The maximum absolute atomic E-state index is 12.2. The normalized spacial score (nSPS) is 11.5. The van der Waals surface area contributed by atoms with Crippen LogP contribution in [0.25, 0.3) is 0 Å². The summed E-state index contributed by atoms with van der Waals surface area (Å²) in [6, 6.07) is 8.10. The van der Waals surface area contributed by atoms with E-state index in [2.05, 4.69) is 20.7 Å². The topological polar surface area (TPSA) is 68.5 Å². The van der Waals surface area contributed by atoms with Gasteiger partial charge in [-0.25, -0.2) is 13.1 Å². The van der Waals surface area contributed by atoms with Gasteiger partial charge in [-0.05, 0) is 46.6 Å². The second kappa shape index (κ2) is 7.11. The van der Waals surface area contributed by atoms with Crippen LogP contribution in [0.15, 0.2) is 50.4 Å². The number of hydrogen-bond acceptors (Lipinski definition) is 4. The van der Waals surface area contributed by atoms with Gasteiger partial charge in [-0.2, -0.15) is 0 Å². The molecule has 0 aliphatic heterocycles. The van der Waals surface area contributed by atoms with E-state index in [1.165, 1.54) is 18.4 Å². The fourth-order valence-corrected chi connectivity index (χ4v) is 3.01. The summed E-state index contributed by atoms with van der Waals surface area (Å²) in [6.07, 6.45) is 2.35. The lowest BCUT2D eigenvalue weighted by Crippen LogP contribution is -2.23. The predicted molar refractivity (Wildman–Crippen MR) is 82.7 cm³/mol. The van der Waals surface area contributed by atoms with Crippen molar-refractivity contribution in [2.45, 2.75) is 24.8 Å². The van der Waals surface area contributed by atoms with Gasteiger partial charge in [0, 0.05) is 6.07 Å². The summed E-state index contributed by atoms with van der Waals surface area (Å²) in [5.41, 5.74) is 0. The minimum atomic E-state index is -3.61. The maximum atomic E-state index is 12.2. The molecule has 0 bridgehead atoms. The molecule has 0 amide bonds. The van der Waals surface area contributed by atoms with Gasteiger partial charge in [-0.15, -0.1) is 0 Å². The van der Waals surface area contributed by atoms with Crippen molar-refractivity contribution >= 4 is 26.0 Å². The number of furan rings is 1. The molecule has 21 heavy (non-hydrogen) atoms. The lowest BCUT2D eigenvalue weighted by Gasteiger charge is -2.10. The van der Waals surface area contributed by atoms with Crippen molar-refractivity contribution < 1.29 is 17.6 Å². The van der Waals surface area contributed by atoms with Gasteiger partial charge in [-0.1, -0.05) is 6.92 Å². The number of nitrogens with one attached hydrogen (secondary N) is 1. The van der Waals surface area contributed by atoms with Crippen molar-refractivity contribution in [3.8, 4) is 5.75 Å². The zero-order valence-electron chi connectivity index (χ0n) is 11.5. The fourth-order valence-electron chi connectivity index (χ4n) is 1.64. The Bertz CT molecular complexity index is 683. The average Bonchev–Trinajstić information content (AvgIpc) is 2.97.